The third kappa shape index (κ3) is 3.01. The molecule has 1 aromatic heterocycles. The first-order chi connectivity index (χ1) is 6.13. The first kappa shape index (κ1) is 10.5. The summed E-state index contributed by atoms with van der Waals surface area (Å²) in [6, 6.07) is 3.56. The van der Waals surface area contributed by atoms with Crippen LogP contribution >= 0.6 is 34.2 Å². The zero-order chi connectivity index (χ0) is 9.84. The molecule has 0 saturated heterocycles. The van der Waals surface area contributed by atoms with E-state index in [1.807, 2.05) is 0 Å². The summed E-state index contributed by atoms with van der Waals surface area (Å²) in [6.45, 7) is 1.78. The van der Waals surface area contributed by atoms with E-state index in [0.29, 0.717) is 5.15 Å². The van der Waals surface area contributed by atoms with Crippen molar-refractivity contribution < 1.29 is 0 Å². The van der Waals surface area contributed by atoms with Gasteiger partial charge < -0.3 is 5.32 Å². The topological polar surface area (TPSA) is 48.7 Å². The van der Waals surface area contributed by atoms with E-state index in [1.165, 1.54) is 0 Å². The Balaban J connectivity index is 2.88. The first-order valence-electron chi connectivity index (χ1n) is 3.60. The maximum atomic E-state index is 8.59. The molecule has 1 N–H and O–H groups in total. The summed E-state index contributed by atoms with van der Waals surface area (Å²) in [5.41, 5.74) is 0.842. The molecule has 13 heavy (non-hydrogen) atoms. The number of halogens is 2. The van der Waals surface area contributed by atoms with Crippen molar-refractivity contribution in [3.8, 4) is 6.07 Å². The Hall–Kier alpha value is -0.540. The molecule has 1 rings (SSSR count). The van der Waals surface area contributed by atoms with Crippen LogP contribution in [0.5, 0.6) is 0 Å². The molecule has 0 spiro atoms. The second-order valence-electron chi connectivity index (χ2n) is 2.48. The standard InChI is InChI=1S/C8H7ClIN3/c1-5(3-11)13-7-2-8(9)12-4-6(7)10/h2,4-5H,1H3,(H,12,13)/t5-/m1/s1. The first-order valence-corrected chi connectivity index (χ1v) is 5.06. The van der Waals surface area contributed by atoms with Gasteiger partial charge in [0.2, 0.25) is 0 Å². The molecule has 0 radical (unpaired) electrons. The van der Waals surface area contributed by atoms with E-state index in [-0.39, 0.29) is 6.04 Å². The number of aromatic nitrogens is 1. The fourth-order valence-corrected chi connectivity index (χ4v) is 1.40. The van der Waals surface area contributed by atoms with E-state index in [4.69, 9.17) is 16.9 Å². The fourth-order valence-electron chi connectivity index (χ4n) is 0.789. The van der Waals surface area contributed by atoms with Crippen LogP contribution in [0, 0.1) is 14.9 Å². The largest absolute Gasteiger partial charge is 0.369 e. The number of nitrogens with zero attached hydrogens (tertiary/aromatic N) is 2. The molecule has 68 valence electrons. The average Bonchev–Trinajstić information content (AvgIpc) is 2.11. The van der Waals surface area contributed by atoms with Crippen molar-refractivity contribution in [2.75, 3.05) is 5.32 Å². The number of hydrogen-bond acceptors (Lipinski definition) is 3. The van der Waals surface area contributed by atoms with Gasteiger partial charge in [-0.3, -0.25) is 0 Å². The molecular formula is C8H7ClIN3. The SMILES string of the molecule is C[C@H](C#N)Nc1cc(Cl)ncc1I. The van der Waals surface area contributed by atoms with Crippen molar-refractivity contribution in [1.29, 1.82) is 5.26 Å². The van der Waals surface area contributed by atoms with Crippen LogP contribution in [0.1, 0.15) is 6.92 Å². The van der Waals surface area contributed by atoms with E-state index in [0.717, 1.165) is 9.26 Å². The maximum absolute atomic E-state index is 8.59. The quantitative estimate of drug-likeness (QED) is 0.675. The molecule has 5 heteroatoms. The molecule has 0 fully saturated rings. The molecule has 0 amide bonds. The lowest BCUT2D eigenvalue weighted by Gasteiger charge is -2.09. The van der Waals surface area contributed by atoms with E-state index < -0.39 is 0 Å². The minimum atomic E-state index is -0.230. The number of pyridine rings is 1. The van der Waals surface area contributed by atoms with E-state index in [9.17, 15) is 0 Å². The fraction of sp³-hybridized carbons (Fsp3) is 0.250. The number of anilines is 1. The van der Waals surface area contributed by atoms with Gasteiger partial charge in [0.15, 0.2) is 0 Å². The van der Waals surface area contributed by atoms with Gasteiger partial charge in [0.1, 0.15) is 11.2 Å². The summed E-state index contributed by atoms with van der Waals surface area (Å²) in [6.07, 6.45) is 1.66. The van der Waals surface area contributed by atoms with Crippen LogP contribution in [0.3, 0.4) is 0 Å². The van der Waals surface area contributed by atoms with Gasteiger partial charge >= 0.3 is 0 Å². The van der Waals surface area contributed by atoms with Crippen molar-refractivity contribution in [3.63, 3.8) is 0 Å². The van der Waals surface area contributed by atoms with Gasteiger partial charge in [-0.15, -0.1) is 0 Å². The Morgan fingerprint density at radius 1 is 1.77 bits per heavy atom. The zero-order valence-corrected chi connectivity index (χ0v) is 9.80. The van der Waals surface area contributed by atoms with Gasteiger partial charge in [0.25, 0.3) is 0 Å². The second kappa shape index (κ2) is 4.63. The Morgan fingerprint density at radius 2 is 2.46 bits per heavy atom. The Kier molecular flexibility index (Phi) is 3.75. The van der Waals surface area contributed by atoms with Gasteiger partial charge in [-0.2, -0.15) is 5.26 Å². The predicted octanol–water partition coefficient (Wildman–Crippen LogP) is 2.66. The molecule has 0 aliphatic heterocycles. The van der Waals surface area contributed by atoms with Crippen LogP contribution in [0.4, 0.5) is 5.69 Å². The van der Waals surface area contributed by atoms with E-state index in [1.54, 1.807) is 19.2 Å². The van der Waals surface area contributed by atoms with Gasteiger partial charge in [0, 0.05) is 6.20 Å². The lowest BCUT2D eigenvalue weighted by Crippen LogP contribution is -2.13. The lowest BCUT2D eigenvalue weighted by atomic mass is 10.3. The smallest absolute Gasteiger partial charge is 0.131 e. The summed E-state index contributed by atoms with van der Waals surface area (Å²) in [7, 11) is 0. The lowest BCUT2D eigenvalue weighted by molar-refractivity contribution is 1.01. The van der Waals surface area contributed by atoms with Crippen LogP contribution in [-0.2, 0) is 0 Å². The highest BCUT2D eigenvalue weighted by atomic mass is 127. The third-order valence-corrected chi connectivity index (χ3v) is 2.45. The summed E-state index contributed by atoms with van der Waals surface area (Å²) < 4.78 is 0.948. The number of nitriles is 1. The number of nitrogens with one attached hydrogen (secondary N) is 1. The summed E-state index contributed by atoms with van der Waals surface area (Å²) in [5.74, 6) is 0. The number of hydrogen-bond donors (Lipinski definition) is 1. The van der Waals surface area contributed by atoms with E-state index >= 15 is 0 Å². The highest BCUT2D eigenvalue weighted by molar-refractivity contribution is 14.1. The van der Waals surface area contributed by atoms with Crippen LogP contribution in [0.15, 0.2) is 12.3 Å². The third-order valence-electron chi connectivity index (χ3n) is 1.39. The van der Waals surface area contributed by atoms with Crippen LogP contribution in [0.25, 0.3) is 0 Å². The number of rotatable bonds is 2. The van der Waals surface area contributed by atoms with Gasteiger partial charge in [-0.1, -0.05) is 11.6 Å². The second-order valence-corrected chi connectivity index (χ2v) is 4.03. The molecule has 0 saturated carbocycles. The van der Waals surface area contributed by atoms with Crippen molar-refractivity contribution in [1.82, 2.24) is 4.98 Å². The van der Waals surface area contributed by atoms with Crippen molar-refractivity contribution >= 4 is 39.9 Å². The Labute approximate surface area is 95.3 Å². The Bertz CT molecular complexity index is 348. The minimum absolute atomic E-state index is 0.230. The molecule has 1 atom stereocenters. The van der Waals surface area contributed by atoms with Crippen LogP contribution in [-0.4, -0.2) is 11.0 Å². The highest BCUT2D eigenvalue weighted by Crippen LogP contribution is 2.20. The minimum Gasteiger partial charge on any atom is -0.369 e. The van der Waals surface area contributed by atoms with Crippen molar-refractivity contribution in [3.05, 3.63) is 21.0 Å². The predicted molar refractivity (Wildman–Crippen MR) is 60.7 cm³/mol. The molecule has 0 bridgehead atoms. The summed E-state index contributed by atoms with van der Waals surface area (Å²) >= 11 is 7.84. The average molecular weight is 308 g/mol. The molecular weight excluding hydrogens is 300 g/mol. The molecule has 1 heterocycles. The van der Waals surface area contributed by atoms with Crippen LogP contribution < -0.4 is 5.32 Å². The van der Waals surface area contributed by atoms with Crippen molar-refractivity contribution in [2.45, 2.75) is 13.0 Å². The van der Waals surface area contributed by atoms with Gasteiger partial charge in [0.05, 0.1) is 15.3 Å². The van der Waals surface area contributed by atoms with Crippen LogP contribution in [0.2, 0.25) is 5.15 Å². The zero-order valence-electron chi connectivity index (χ0n) is 6.88. The highest BCUT2D eigenvalue weighted by Gasteiger charge is 2.04. The molecule has 0 aromatic carbocycles. The Morgan fingerprint density at radius 3 is 3.08 bits per heavy atom. The normalized spacial score (nSPS) is 11.8. The van der Waals surface area contributed by atoms with E-state index in [2.05, 4.69) is 39.0 Å². The molecule has 3 nitrogen and oxygen atoms in total. The maximum Gasteiger partial charge on any atom is 0.131 e. The molecule has 1 aromatic rings. The summed E-state index contributed by atoms with van der Waals surface area (Å²) in [4.78, 5) is 3.91. The van der Waals surface area contributed by atoms with Gasteiger partial charge in [-0.25, -0.2) is 4.98 Å². The van der Waals surface area contributed by atoms with Crippen molar-refractivity contribution in [2.24, 2.45) is 0 Å². The molecule has 0 unspecified atom stereocenters. The summed E-state index contributed by atoms with van der Waals surface area (Å²) in [5, 5.41) is 12.0. The molecule has 0 aliphatic rings. The monoisotopic (exact) mass is 307 g/mol. The molecule has 0 aliphatic carbocycles. The van der Waals surface area contributed by atoms with Gasteiger partial charge in [-0.05, 0) is 35.6 Å².